The van der Waals surface area contributed by atoms with Crippen LogP contribution in [0, 0.1) is 0 Å². The summed E-state index contributed by atoms with van der Waals surface area (Å²) in [5.74, 6) is 0.744. The van der Waals surface area contributed by atoms with Gasteiger partial charge in [0.15, 0.2) is 0 Å². The monoisotopic (exact) mass is 316 g/mol. The van der Waals surface area contributed by atoms with Gasteiger partial charge >= 0.3 is 0 Å². The van der Waals surface area contributed by atoms with E-state index in [2.05, 4.69) is 15.2 Å². The van der Waals surface area contributed by atoms with Crippen LogP contribution in [0.3, 0.4) is 0 Å². The summed E-state index contributed by atoms with van der Waals surface area (Å²) in [6, 6.07) is 6.27. The number of fused-ring (bicyclic) bond motifs is 1. The van der Waals surface area contributed by atoms with E-state index in [0.717, 1.165) is 49.3 Å². The molecular weight excluding hydrogens is 292 g/mol. The molecule has 3 rings (SSSR count). The third-order valence-corrected chi connectivity index (χ3v) is 4.69. The highest BCUT2D eigenvalue weighted by molar-refractivity contribution is 5.76. The average molecular weight is 316 g/mol. The van der Waals surface area contributed by atoms with Crippen LogP contribution in [-0.4, -0.2) is 54.3 Å². The zero-order valence-electron chi connectivity index (χ0n) is 13.8. The molecule has 1 aromatic carbocycles. The van der Waals surface area contributed by atoms with Gasteiger partial charge in [-0.3, -0.25) is 4.79 Å². The molecule has 6 nitrogen and oxygen atoms in total. The minimum absolute atomic E-state index is 0.0594. The molecule has 1 aliphatic heterocycles. The van der Waals surface area contributed by atoms with Crippen molar-refractivity contribution >= 4 is 11.0 Å². The highest BCUT2D eigenvalue weighted by Gasteiger charge is 2.17. The van der Waals surface area contributed by atoms with Gasteiger partial charge in [-0.05, 0) is 45.1 Å². The van der Waals surface area contributed by atoms with E-state index in [4.69, 9.17) is 4.74 Å². The van der Waals surface area contributed by atoms with E-state index in [1.165, 1.54) is 6.20 Å². The van der Waals surface area contributed by atoms with Gasteiger partial charge in [0.2, 0.25) is 0 Å². The summed E-state index contributed by atoms with van der Waals surface area (Å²) in [7, 11) is 3.66. The van der Waals surface area contributed by atoms with Crippen LogP contribution in [0.5, 0.6) is 5.75 Å². The smallest absolute Gasteiger partial charge is 0.269 e. The fraction of sp³-hybridized carbons (Fsp3) is 0.529. The van der Waals surface area contributed by atoms with Crippen molar-refractivity contribution in [3.05, 3.63) is 34.7 Å². The minimum Gasteiger partial charge on any atom is -0.497 e. The van der Waals surface area contributed by atoms with Crippen LogP contribution in [0.25, 0.3) is 11.0 Å². The van der Waals surface area contributed by atoms with Crippen molar-refractivity contribution in [1.29, 1.82) is 0 Å². The van der Waals surface area contributed by atoms with Crippen molar-refractivity contribution in [1.82, 2.24) is 19.8 Å². The van der Waals surface area contributed by atoms with Crippen molar-refractivity contribution in [3.8, 4) is 5.75 Å². The quantitative estimate of drug-likeness (QED) is 0.895. The second-order valence-electron chi connectivity index (χ2n) is 6.01. The van der Waals surface area contributed by atoms with Gasteiger partial charge in [-0.25, -0.2) is 4.98 Å². The summed E-state index contributed by atoms with van der Waals surface area (Å²) in [5, 5.41) is 3.34. The number of hydrogen-bond donors (Lipinski definition) is 1. The van der Waals surface area contributed by atoms with E-state index in [1.807, 2.05) is 25.2 Å². The molecule has 0 atom stereocenters. The fourth-order valence-electron chi connectivity index (χ4n) is 3.19. The number of piperidine rings is 1. The first kappa shape index (κ1) is 16.0. The Bertz CT molecular complexity index is 720. The Morgan fingerprint density at radius 3 is 2.78 bits per heavy atom. The maximum Gasteiger partial charge on any atom is 0.269 e. The number of benzene rings is 1. The Kier molecular flexibility index (Phi) is 4.93. The van der Waals surface area contributed by atoms with E-state index < -0.39 is 0 Å². The lowest BCUT2D eigenvalue weighted by molar-refractivity contribution is 0.195. The third kappa shape index (κ3) is 3.54. The van der Waals surface area contributed by atoms with Crippen LogP contribution in [0.4, 0.5) is 0 Å². The van der Waals surface area contributed by atoms with Gasteiger partial charge < -0.3 is 19.5 Å². The molecule has 0 radical (unpaired) electrons. The molecule has 0 saturated carbocycles. The molecule has 2 aromatic rings. The highest BCUT2D eigenvalue weighted by atomic mass is 16.5. The van der Waals surface area contributed by atoms with Gasteiger partial charge in [0.1, 0.15) is 5.75 Å². The van der Waals surface area contributed by atoms with E-state index in [9.17, 15) is 4.79 Å². The first-order valence-electron chi connectivity index (χ1n) is 8.14. The van der Waals surface area contributed by atoms with Crippen LogP contribution >= 0.6 is 0 Å². The summed E-state index contributed by atoms with van der Waals surface area (Å²) < 4.78 is 7.08. The number of rotatable bonds is 5. The lowest BCUT2D eigenvalue weighted by Crippen LogP contribution is -2.42. The van der Waals surface area contributed by atoms with Crippen molar-refractivity contribution < 1.29 is 4.74 Å². The largest absolute Gasteiger partial charge is 0.497 e. The number of nitrogens with one attached hydrogen (secondary N) is 1. The van der Waals surface area contributed by atoms with E-state index in [1.54, 1.807) is 11.7 Å². The number of nitrogens with zero attached hydrogens (tertiary/aromatic N) is 3. The number of aromatic nitrogens is 2. The van der Waals surface area contributed by atoms with Gasteiger partial charge in [0, 0.05) is 25.2 Å². The predicted octanol–water partition coefficient (Wildman–Crippen LogP) is 1.09. The van der Waals surface area contributed by atoms with Crippen LogP contribution in [0.15, 0.2) is 29.2 Å². The highest BCUT2D eigenvalue weighted by Crippen LogP contribution is 2.18. The molecule has 0 bridgehead atoms. The Morgan fingerprint density at radius 2 is 2.09 bits per heavy atom. The Hall–Kier alpha value is -1.92. The van der Waals surface area contributed by atoms with Crippen molar-refractivity contribution in [2.75, 3.05) is 33.8 Å². The van der Waals surface area contributed by atoms with Crippen molar-refractivity contribution in [2.45, 2.75) is 25.4 Å². The molecule has 6 heteroatoms. The standard InChI is InChI=1S/C17H24N4O2/c1-18-13-5-7-20(8-6-13)9-10-21-16-11-14(23-2)3-4-15(16)19-12-17(21)22/h3-4,11-13,18H,5-10H2,1-2H3. The predicted molar refractivity (Wildman–Crippen MR) is 91.1 cm³/mol. The van der Waals surface area contributed by atoms with E-state index in [0.29, 0.717) is 12.6 Å². The molecule has 1 saturated heterocycles. The summed E-state index contributed by atoms with van der Waals surface area (Å²) in [6.07, 6.45) is 3.73. The molecule has 1 N–H and O–H groups in total. The molecule has 0 aliphatic carbocycles. The van der Waals surface area contributed by atoms with Crippen LogP contribution in [0.1, 0.15) is 12.8 Å². The molecular formula is C17H24N4O2. The Labute approximate surface area is 136 Å². The van der Waals surface area contributed by atoms with Gasteiger partial charge in [0.25, 0.3) is 5.56 Å². The van der Waals surface area contributed by atoms with Crippen LogP contribution in [-0.2, 0) is 6.54 Å². The van der Waals surface area contributed by atoms with Crippen molar-refractivity contribution in [3.63, 3.8) is 0 Å². The SMILES string of the molecule is CNC1CCN(CCn2c(=O)cnc3ccc(OC)cc32)CC1. The molecule has 124 valence electrons. The van der Waals surface area contributed by atoms with E-state index in [-0.39, 0.29) is 5.56 Å². The van der Waals surface area contributed by atoms with E-state index >= 15 is 0 Å². The summed E-state index contributed by atoms with van der Waals surface area (Å²) >= 11 is 0. The molecule has 2 heterocycles. The fourth-order valence-corrected chi connectivity index (χ4v) is 3.19. The molecule has 0 amide bonds. The number of hydrogen-bond acceptors (Lipinski definition) is 5. The second kappa shape index (κ2) is 7.10. The van der Waals surface area contributed by atoms with Gasteiger partial charge in [-0.2, -0.15) is 0 Å². The Balaban J connectivity index is 1.77. The minimum atomic E-state index is -0.0594. The normalized spacial score (nSPS) is 16.8. The molecule has 0 spiro atoms. The zero-order valence-corrected chi connectivity index (χ0v) is 13.8. The molecule has 1 aliphatic rings. The van der Waals surface area contributed by atoms with Gasteiger partial charge in [0.05, 0.1) is 24.3 Å². The Morgan fingerprint density at radius 1 is 1.30 bits per heavy atom. The molecule has 0 unspecified atom stereocenters. The second-order valence-corrected chi connectivity index (χ2v) is 6.01. The summed E-state index contributed by atoms with van der Waals surface area (Å²) in [4.78, 5) is 18.9. The average Bonchev–Trinajstić information content (AvgIpc) is 2.61. The topological polar surface area (TPSA) is 59.4 Å². The lowest BCUT2D eigenvalue weighted by atomic mass is 10.1. The maximum absolute atomic E-state index is 12.2. The first-order valence-corrected chi connectivity index (χ1v) is 8.14. The molecule has 1 aromatic heterocycles. The van der Waals surface area contributed by atoms with Gasteiger partial charge in [-0.15, -0.1) is 0 Å². The van der Waals surface area contributed by atoms with Crippen LogP contribution < -0.4 is 15.6 Å². The maximum atomic E-state index is 12.2. The molecule has 1 fully saturated rings. The van der Waals surface area contributed by atoms with Crippen molar-refractivity contribution in [2.24, 2.45) is 0 Å². The van der Waals surface area contributed by atoms with Gasteiger partial charge in [-0.1, -0.05) is 0 Å². The summed E-state index contributed by atoms with van der Waals surface area (Å²) in [5.41, 5.74) is 1.59. The zero-order chi connectivity index (χ0) is 16.2. The summed E-state index contributed by atoms with van der Waals surface area (Å²) in [6.45, 7) is 3.71. The number of likely N-dealkylation sites (tertiary alicyclic amines) is 1. The lowest BCUT2D eigenvalue weighted by Gasteiger charge is -2.31. The molecule has 23 heavy (non-hydrogen) atoms. The first-order chi connectivity index (χ1) is 11.2. The van der Waals surface area contributed by atoms with Crippen LogP contribution in [0.2, 0.25) is 0 Å². The third-order valence-electron chi connectivity index (χ3n) is 4.69. The number of ether oxygens (including phenoxy) is 1. The number of methoxy groups -OCH3 is 1.